The first kappa shape index (κ1) is 13.0. The van der Waals surface area contributed by atoms with Crippen molar-refractivity contribution in [2.45, 2.75) is 5.03 Å². The molecule has 9 heteroatoms. The molecule has 3 N–H and O–H groups in total. The molecule has 0 fully saturated rings. The molecule has 0 amide bonds. The summed E-state index contributed by atoms with van der Waals surface area (Å²) in [4.78, 5) is 6.04. The van der Waals surface area contributed by atoms with Gasteiger partial charge in [0.15, 0.2) is 5.03 Å². The highest BCUT2D eigenvalue weighted by molar-refractivity contribution is 7.92. The normalized spacial score (nSPS) is 11.4. The first-order valence-electron chi connectivity index (χ1n) is 4.59. The number of hydrogen-bond acceptors (Lipinski definition) is 4. The molecule has 96 valence electrons. The number of aromatic amines is 1. The van der Waals surface area contributed by atoms with Crippen LogP contribution in [0.1, 0.15) is 0 Å². The number of H-pyrrole nitrogens is 1. The van der Waals surface area contributed by atoms with E-state index in [0.29, 0.717) is 0 Å². The number of halogens is 2. The van der Waals surface area contributed by atoms with E-state index in [0.717, 1.165) is 12.3 Å². The molecule has 2 aromatic rings. The Morgan fingerprint density at radius 1 is 1.28 bits per heavy atom. The molecule has 1 aromatic carbocycles. The minimum atomic E-state index is -3.85. The van der Waals surface area contributed by atoms with Crippen LogP contribution in [0.2, 0.25) is 10.0 Å². The largest absolute Gasteiger partial charge is 0.506 e. The van der Waals surface area contributed by atoms with E-state index in [9.17, 15) is 13.5 Å². The van der Waals surface area contributed by atoms with Gasteiger partial charge in [0.25, 0.3) is 10.0 Å². The van der Waals surface area contributed by atoms with Gasteiger partial charge in [-0.3, -0.25) is 4.72 Å². The zero-order valence-corrected chi connectivity index (χ0v) is 11.0. The highest BCUT2D eigenvalue weighted by Gasteiger charge is 2.18. The Bertz CT molecular complexity index is 671. The maximum Gasteiger partial charge on any atom is 0.279 e. The van der Waals surface area contributed by atoms with E-state index in [4.69, 9.17) is 23.2 Å². The summed E-state index contributed by atoms with van der Waals surface area (Å²) in [7, 11) is -3.85. The van der Waals surface area contributed by atoms with Crippen LogP contribution in [-0.4, -0.2) is 23.5 Å². The van der Waals surface area contributed by atoms with E-state index >= 15 is 0 Å². The molecule has 0 saturated carbocycles. The van der Waals surface area contributed by atoms with E-state index in [2.05, 4.69) is 14.7 Å². The Morgan fingerprint density at radius 2 is 1.94 bits per heavy atom. The predicted molar refractivity (Wildman–Crippen MR) is 67.5 cm³/mol. The monoisotopic (exact) mass is 307 g/mol. The summed E-state index contributed by atoms with van der Waals surface area (Å²) in [5, 5.41) is 9.70. The van der Waals surface area contributed by atoms with Crippen molar-refractivity contribution < 1.29 is 13.5 Å². The van der Waals surface area contributed by atoms with Crippen LogP contribution in [0.4, 0.5) is 5.69 Å². The number of rotatable bonds is 3. The first-order valence-corrected chi connectivity index (χ1v) is 6.83. The number of hydrogen-bond donors (Lipinski definition) is 3. The van der Waals surface area contributed by atoms with E-state index in [-0.39, 0.29) is 26.5 Å². The molecular formula is C9H7Cl2N3O3S. The van der Waals surface area contributed by atoms with Gasteiger partial charge in [-0.25, -0.2) is 4.98 Å². The fourth-order valence-corrected chi connectivity index (χ4v) is 2.50. The Balaban J connectivity index is 2.39. The minimum absolute atomic E-state index is 0.0704. The van der Waals surface area contributed by atoms with Gasteiger partial charge in [0.1, 0.15) is 5.75 Å². The molecule has 0 atom stereocenters. The molecule has 0 aliphatic heterocycles. The molecule has 1 heterocycles. The van der Waals surface area contributed by atoms with Gasteiger partial charge in [-0.15, -0.1) is 0 Å². The lowest BCUT2D eigenvalue weighted by atomic mass is 10.3. The summed E-state index contributed by atoms with van der Waals surface area (Å²) in [6, 6.07) is 2.36. The third kappa shape index (κ3) is 2.53. The number of anilines is 1. The second kappa shape index (κ2) is 4.68. The summed E-state index contributed by atoms with van der Waals surface area (Å²) in [5.74, 6) is -0.326. The number of phenolic OH excluding ortho intramolecular Hbond substituents is 1. The van der Waals surface area contributed by atoms with Crippen molar-refractivity contribution in [2.24, 2.45) is 0 Å². The Morgan fingerprint density at radius 3 is 2.56 bits per heavy atom. The third-order valence-corrected chi connectivity index (χ3v) is 4.06. The van der Waals surface area contributed by atoms with Crippen LogP contribution in [0.25, 0.3) is 0 Å². The first-order chi connectivity index (χ1) is 8.40. The summed E-state index contributed by atoms with van der Waals surface area (Å²) in [5.41, 5.74) is -0.0704. The number of nitrogens with one attached hydrogen (secondary N) is 2. The lowest BCUT2D eigenvalue weighted by molar-refractivity contribution is 0.477. The molecule has 2 rings (SSSR count). The van der Waals surface area contributed by atoms with E-state index in [1.54, 1.807) is 0 Å². The average Bonchev–Trinajstić information content (AvgIpc) is 2.79. The summed E-state index contributed by atoms with van der Waals surface area (Å²) < 4.78 is 25.8. The summed E-state index contributed by atoms with van der Waals surface area (Å²) >= 11 is 11.4. The van der Waals surface area contributed by atoms with Gasteiger partial charge < -0.3 is 10.1 Å². The summed E-state index contributed by atoms with van der Waals surface area (Å²) in [6.45, 7) is 0. The van der Waals surface area contributed by atoms with Gasteiger partial charge in [-0.2, -0.15) is 8.42 Å². The molecule has 0 aliphatic rings. The van der Waals surface area contributed by atoms with Crippen LogP contribution in [0.5, 0.6) is 5.75 Å². The number of phenols is 1. The number of aromatic hydroxyl groups is 1. The quantitative estimate of drug-likeness (QED) is 0.758. The second-order valence-corrected chi connectivity index (χ2v) is 5.77. The smallest absolute Gasteiger partial charge is 0.279 e. The molecular weight excluding hydrogens is 301 g/mol. The Kier molecular flexibility index (Phi) is 3.38. The van der Waals surface area contributed by atoms with Gasteiger partial charge in [-0.1, -0.05) is 23.2 Å². The maximum atomic E-state index is 11.8. The zero-order valence-electron chi connectivity index (χ0n) is 8.68. The van der Waals surface area contributed by atoms with Crippen molar-refractivity contribution in [2.75, 3.05) is 4.72 Å². The van der Waals surface area contributed by atoms with Crippen molar-refractivity contribution in [3.8, 4) is 5.75 Å². The van der Waals surface area contributed by atoms with Gasteiger partial charge in [0.05, 0.1) is 28.3 Å². The van der Waals surface area contributed by atoms with Gasteiger partial charge in [0.2, 0.25) is 0 Å². The SMILES string of the molecule is O=S(=O)(Nc1cc(Cl)c(Cl)cc1O)c1cnc[nH]1. The standard InChI is InChI=1S/C9H7Cl2N3O3S/c10-5-1-7(8(15)2-6(5)11)14-18(16,17)9-3-12-4-13-9/h1-4,14-15H,(H,12,13). The van der Waals surface area contributed by atoms with E-state index < -0.39 is 10.0 Å². The van der Waals surface area contributed by atoms with Crippen molar-refractivity contribution in [3.05, 3.63) is 34.7 Å². The van der Waals surface area contributed by atoms with Crippen LogP contribution in [0.3, 0.4) is 0 Å². The molecule has 1 aromatic heterocycles. The highest BCUT2D eigenvalue weighted by atomic mass is 35.5. The van der Waals surface area contributed by atoms with E-state index in [1.165, 1.54) is 12.4 Å². The molecule has 0 radical (unpaired) electrons. The number of sulfonamides is 1. The summed E-state index contributed by atoms with van der Waals surface area (Å²) in [6.07, 6.45) is 2.36. The van der Waals surface area contributed by atoms with Gasteiger partial charge in [-0.05, 0) is 6.07 Å². The fourth-order valence-electron chi connectivity index (χ4n) is 1.21. The van der Waals surface area contributed by atoms with Gasteiger partial charge in [0, 0.05) is 6.07 Å². The second-order valence-electron chi connectivity index (χ2n) is 3.30. The molecule has 0 aliphatic carbocycles. The number of imidazole rings is 1. The molecule has 0 saturated heterocycles. The lowest BCUT2D eigenvalue weighted by Crippen LogP contribution is -2.13. The van der Waals surface area contributed by atoms with Crippen LogP contribution in [-0.2, 0) is 10.0 Å². The number of benzene rings is 1. The fraction of sp³-hybridized carbons (Fsp3) is 0. The van der Waals surface area contributed by atoms with Crippen LogP contribution < -0.4 is 4.72 Å². The molecule has 18 heavy (non-hydrogen) atoms. The molecule has 6 nitrogen and oxygen atoms in total. The van der Waals surface area contributed by atoms with Crippen molar-refractivity contribution in [3.63, 3.8) is 0 Å². The van der Waals surface area contributed by atoms with Crippen molar-refractivity contribution >= 4 is 38.9 Å². The average molecular weight is 308 g/mol. The molecule has 0 unspecified atom stereocenters. The zero-order chi connectivity index (χ0) is 13.3. The van der Waals surface area contributed by atoms with E-state index in [1.807, 2.05) is 0 Å². The van der Waals surface area contributed by atoms with Crippen LogP contribution >= 0.6 is 23.2 Å². The minimum Gasteiger partial charge on any atom is -0.506 e. The topological polar surface area (TPSA) is 95.1 Å². The molecule has 0 bridgehead atoms. The Hall–Kier alpha value is -1.44. The van der Waals surface area contributed by atoms with Gasteiger partial charge >= 0.3 is 0 Å². The number of nitrogens with zero attached hydrogens (tertiary/aromatic N) is 1. The third-order valence-electron chi connectivity index (χ3n) is 2.05. The number of aromatic nitrogens is 2. The lowest BCUT2D eigenvalue weighted by Gasteiger charge is -2.09. The predicted octanol–water partition coefficient (Wildman–Crippen LogP) is 2.22. The highest BCUT2D eigenvalue weighted by Crippen LogP contribution is 2.34. The van der Waals surface area contributed by atoms with Crippen molar-refractivity contribution in [1.29, 1.82) is 0 Å². The van der Waals surface area contributed by atoms with Crippen molar-refractivity contribution in [1.82, 2.24) is 9.97 Å². The maximum absolute atomic E-state index is 11.8. The van der Waals surface area contributed by atoms with Crippen LogP contribution in [0, 0.1) is 0 Å². The molecule has 0 spiro atoms. The van der Waals surface area contributed by atoms with Crippen LogP contribution in [0.15, 0.2) is 29.7 Å². The Labute approximate surface area is 113 Å².